The zero-order chi connectivity index (χ0) is 36.0. The molecule has 0 radical (unpaired) electrons. The van der Waals surface area contributed by atoms with Crippen molar-refractivity contribution in [1.82, 2.24) is 4.67 Å². The van der Waals surface area contributed by atoms with E-state index in [4.69, 9.17) is 18.5 Å². The van der Waals surface area contributed by atoms with Crippen molar-refractivity contribution in [3.8, 4) is 0 Å². The van der Waals surface area contributed by atoms with E-state index in [2.05, 4.69) is 176 Å². The minimum Gasteiger partial charge on any atom is -0.375 e. The first-order valence-electron chi connectivity index (χ1n) is 17.9. The van der Waals surface area contributed by atoms with Gasteiger partial charge in [-0.3, -0.25) is 0 Å². The molecule has 52 heavy (non-hydrogen) atoms. The molecular formula is C46H46NO4P. The summed E-state index contributed by atoms with van der Waals surface area (Å²) in [7, 11) is 1.56. The molecule has 0 saturated carbocycles. The first-order valence-corrected chi connectivity index (χ1v) is 19.0. The molecule has 0 aliphatic carbocycles. The van der Waals surface area contributed by atoms with Crippen LogP contribution >= 0.6 is 8.53 Å². The summed E-state index contributed by atoms with van der Waals surface area (Å²) in [6, 6.07) is 62.6. The van der Waals surface area contributed by atoms with Crippen molar-refractivity contribution in [3.63, 3.8) is 0 Å². The van der Waals surface area contributed by atoms with Crippen LogP contribution in [0.1, 0.15) is 59.3 Å². The summed E-state index contributed by atoms with van der Waals surface area (Å²) >= 11 is 0. The second kappa shape index (κ2) is 16.1. The highest BCUT2D eigenvalue weighted by molar-refractivity contribution is 7.44. The van der Waals surface area contributed by atoms with Crippen LogP contribution in [0.3, 0.4) is 0 Å². The lowest BCUT2D eigenvalue weighted by atomic mass is 9.71. The van der Waals surface area contributed by atoms with Crippen LogP contribution < -0.4 is 0 Å². The quantitative estimate of drug-likeness (QED) is 0.125. The van der Waals surface area contributed by atoms with Gasteiger partial charge in [0.15, 0.2) is 11.2 Å². The maximum atomic E-state index is 7.92. The van der Waals surface area contributed by atoms with Crippen molar-refractivity contribution in [2.75, 3.05) is 14.2 Å². The fourth-order valence-corrected chi connectivity index (χ4v) is 9.98. The second-order valence-electron chi connectivity index (χ2n) is 13.2. The summed E-state index contributed by atoms with van der Waals surface area (Å²) in [6.45, 7) is 4.49. The third kappa shape index (κ3) is 6.54. The third-order valence-corrected chi connectivity index (χ3v) is 12.3. The van der Waals surface area contributed by atoms with Crippen molar-refractivity contribution in [1.29, 1.82) is 0 Å². The summed E-state index contributed by atoms with van der Waals surface area (Å²) < 4.78 is 31.8. The lowest BCUT2D eigenvalue weighted by Crippen LogP contribution is -2.56. The van der Waals surface area contributed by atoms with Gasteiger partial charge in [-0.25, -0.2) is 4.67 Å². The number of hydrogen-bond acceptors (Lipinski definition) is 5. The Morgan fingerprint density at radius 1 is 0.442 bits per heavy atom. The highest BCUT2D eigenvalue weighted by Gasteiger charge is 2.63. The number of nitrogens with zero attached hydrogens (tertiary/aromatic N) is 1. The van der Waals surface area contributed by atoms with Crippen LogP contribution in [0.2, 0.25) is 0 Å². The standard InChI is InChI=1S/C46H46NO4P/c1-35(37-23-11-5-12-24-37)47(36(2)38-25-13-6-14-26-38)52-50-45(39-27-15-7-16-28-39,40-29-17-8-18-30-40)43(48-3)44(49-4)46(51-52,41-31-19-9-20-32-41)42-33-21-10-22-34-42/h5-36,43-44H,1-4H3/t35-,36-,43-,44-/m1/s1. The predicted molar refractivity (Wildman–Crippen MR) is 210 cm³/mol. The Hall–Kier alpha value is -4.45. The Morgan fingerprint density at radius 2 is 0.692 bits per heavy atom. The van der Waals surface area contributed by atoms with Gasteiger partial charge in [0.05, 0.1) is 0 Å². The maximum absolute atomic E-state index is 7.92. The number of benzene rings is 6. The Morgan fingerprint density at radius 3 is 0.942 bits per heavy atom. The predicted octanol–water partition coefficient (Wildman–Crippen LogP) is 11.0. The molecule has 0 spiro atoms. The van der Waals surface area contributed by atoms with E-state index in [1.807, 2.05) is 24.3 Å². The fraction of sp³-hybridized carbons (Fsp3) is 0.217. The van der Waals surface area contributed by atoms with E-state index in [1.54, 1.807) is 14.2 Å². The Balaban J connectivity index is 1.59. The highest BCUT2D eigenvalue weighted by Crippen LogP contribution is 2.66. The smallest absolute Gasteiger partial charge is 0.262 e. The Bertz CT molecular complexity index is 1740. The lowest BCUT2D eigenvalue weighted by Gasteiger charge is -2.45. The van der Waals surface area contributed by atoms with Crippen molar-refractivity contribution >= 4 is 8.53 Å². The van der Waals surface area contributed by atoms with Gasteiger partial charge < -0.3 is 18.5 Å². The zero-order valence-electron chi connectivity index (χ0n) is 30.2. The fourth-order valence-electron chi connectivity index (χ4n) is 7.80. The topological polar surface area (TPSA) is 40.2 Å². The molecule has 6 heteroatoms. The lowest BCUT2D eigenvalue weighted by molar-refractivity contribution is -0.152. The second-order valence-corrected chi connectivity index (χ2v) is 14.5. The van der Waals surface area contributed by atoms with Crippen LogP contribution in [0.4, 0.5) is 0 Å². The third-order valence-electron chi connectivity index (χ3n) is 10.4. The van der Waals surface area contributed by atoms with Gasteiger partial charge in [0.2, 0.25) is 0 Å². The van der Waals surface area contributed by atoms with Crippen molar-refractivity contribution in [3.05, 3.63) is 215 Å². The summed E-state index contributed by atoms with van der Waals surface area (Å²) in [5.74, 6) is 0. The van der Waals surface area contributed by atoms with E-state index < -0.39 is 31.9 Å². The van der Waals surface area contributed by atoms with Crippen LogP contribution in [0.25, 0.3) is 0 Å². The minimum absolute atomic E-state index is 0.115. The first kappa shape index (κ1) is 35.9. The molecule has 264 valence electrons. The monoisotopic (exact) mass is 707 g/mol. The summed E-state index contributed by atoms with van der Waals surface area (Å²) in [6.07, 6.45) is -1.37. The number of rotatable bonds is 11. The molecule has 4 atom stereocenters. The molecule has 0 aromatic heterocycles. The molecule has 0 unspecified atom stereocenters. The molecule has 1 saturated heterocycles. The van der Waals surface area contributed by atoms with Crippen LogP contribution in [0.15, 0.2) is 182 Å². The number of ether oxygens (including phenoxy) is 2. The van der Waals surface area contributed by atoms with E-state index in [-0.39, 0.29) is 12.1 Å². The SMILES string of the molecule is CO[C@@H]1[C@@H](OC)C(c2ccccc2)(c2ccccc2)OP(N([C@H](C)c2ccccc2)[C@H](C)c2ccccc2)OC1(c1ccccc1)c1ccccc1. The van der Waals surface area contributed by atoms with Crippen molar-refractivity contribution in [2.45, 2.75) is 49.3 Å². The Labute approximate surface area is 309 Å². The first-order chi connectivity index (χ1) is 25.5. The molecule has 1 heterocycles. The maximum Gasteiger partial charge on any atom is 0.262 e. The van der Waals surface area contributed by atoms with E-state index in [0.29, 0.717) is 0 Å². The van der Waals surface area contributed by atoms with Gasteiger partial charge in [-0.15, -0.1) is 0 Å². The molecule has 1 aliphatic rings. The molecule has 1 aliphatic heterocycles. The van der Waals surface area contributed by atoms with Gasteiger partial charge >= 0.3 is 0 Å². The molecular weight excluding hydrogens is 661 g/mol. The largest absolute Gasteiger partial charge is 0.375 e. The molecule has 5 nitrogen and oxygen atoms in total. The van der Waals surface area contributed by atoms with Gasteiger partial charge in [0, 0.05) is 26.3 Å². The van der Waals surface area contributed by atoms with E-state index in [0.717, 1.165) is 33.4 Å². The van der Waals surface area contributed by atoms with Crippen molar-refractivity contribution < 1.29 is 18.5 Å². The number of hydrogen-bond donors (Lipinski definition) is 0. The van der Waals surface area contributed by atoms with Crippen LogP contribution in [0.5, 0.6) is 0 Å². The van der Waals surface area contributed by atoms with Crippen molar-refractivity contribution in [2.24, 2.45) is 0 Å². The van der Waals surface area contributed by atoms with E-state index in [9.17, 15) is 0 Å². The average Bonchev–Trinajstić information content (AvgIpc) is 3.36. The van der Waals surface area contributed by atoms with Gasteiger partial charge in [-0.1, -0.05) is 182 Å². The summed E-state index contributed by atoms with van der Waals surface area (Å²) in [5, 5.41) is 0. The normalized spacial score (nSPS) is 19.8. The van der Waals surface area contributed by atoms with Crippen LogP contribution in [-0.2, 0) is 29.7 Å². The number of methoxy groups -OCH3 is 2. The summed E-state index contributed by atoms with van der Waals surface area (Å²) in [5.41, 5.74) is 3.77. The molecule has 0 amide bonds. The van der Waals surface area contributed by atoms with Gasteiger partial charge in [0.1, 0.15) is 12.2 Å². The molecule has 0 bridgehead atoms. The molecule has 6 aromatic rings. The average molecular weight is 708 g/mol. The highest BCUT2D eigenvalue weighted by atomic mass is 31.2. The minimum atomic E-state index is -1.95. The Kier molecular flexibility index (Phi) is 11.1. The van der Waals surface area contributed by atoms with E-state index >= 15 is 0 Å². The molecule has 0 N–H and O–H groups in total. The van der Waals surface area contributed by atoms with Gasteiger partial charge in [0.25, 0.3) is 8.53 Å². The van der Waals surface area contributed by atoms with E-state index in [1.165, 1.54) is 0 Å². The van der Waals surface area contributed by atoms with Crippen LogP contribution in [-0.4, -0.2) is 31.1 Å². The molecule has 6 aromatic carbocycles. The molecule has 1 fully saturated rings. The van der Waals surface area contributed by atoms with Crippen LogP contribution in [0, 0.1) is 0 Å². The zero-order valence-corrected chi connectivity index (χ0v) is 31.1. The molecule has 7 rings (SSSR count). The van der Waals surface area contributed by atoms with Gasteiger partial charge in [-0.05, 0) is 47.2 Å². The van der Waals surface area contributed by atoms with Gasteiger partial charge in [-0.2, -0.15) is 0 Å². The summed E-state index contributed by atoms with van der Waals surface area (Å²) in [4.78, 5) is 0.